The highest BCUT2D eigenvalue weighted by molar-refractivity contribution is 5.94. The van der Waals surface area contributed by atoms with Gasteiger partial charge in [-0.2, -0.15) is 10.4 Å². The molecule has 0 unspecified atom stereocenters. The lowest BCUT2D eigenvalue weighted by Crippen LogP contribution is -2.12. The molecule has 0 bridgehead atoms. The molecular weight excluding hydrogens is 264 g/mol. The molecule has 0 saturated carbocycles. The number of aromatic amines is 1. The summed E-state index contributed by atoms with van der Waals surface area (Å²) < 4.78 is 0. The fourth-order valence-electron chi connectivity index (χ4n) is 2.18. The lowest BCUT2D eigenvalue weighted by atomic mass is 10.1. The summed E-state index contributed by atoms with van der Waals surface area (Å²) in [6.45, 7) is 4.06. The zero-order valence-electron chi connectivity index (χ0n) is 11.8. The summed E-state index contributed by atoms with van der Waals surface area (Å²) >= 11 is 0. The predicted molar refractivity (Wildman–Crippen MR) is 80.6 cm³/mol. The van der Waals surface area contributed by atoms with Crippen LogP contribution in [0.5, 0.6) is 0 Å². The van der Waals surface area contributed by atoms with Crippen molar-refractivity contribution in [3.8, 4) is 17.2 Å². The first-order valence-corrected chi connectivity index (χ1v) is 6.63. The van der Waals surface area contributed by atoms with Crippen molar-refractivity contribution in [3.63, 3.8) is 0 Å². The van der Waals surface area contributed by atoms with E-state index in [0.29, 0.717) is 11.2 Å². The predicted octanol–water partition coefficient (Wildman–Crippen LogP) is 2.71. The van der Waals surface area contributed by atoms with Crippen LogP contribution in [-0.2, 0) is 0 Å². The number of nitrogens with zero attached hydrogens (tertiary/aromatic N) is 4. The molecule has 0 fully saturated rings. The smallest absolute Gasteiger partial charge is 0.161 e. The first-order chi connectivity index (χ1) is 10.2. The normalized spacial score (nSPS) is 10.8. The van der Waals surface area contributed by atoms with Gasteiger partial charge in [-0.1, -0.05) is 0 Å². The van der Waals surface area contributed by atoms with E-state index in [9.17, 15) is 5.26 Å². The van der Waals surface area contributed by atoms with Gasteiger partial charge in [0.25, 0.3) is 0 Å². The van der Waals surface area contributed by atoms with Gasteiger partial charge in [0.2, 0.25) is 0 Å². The minimum Gasteiger partial charge on any atom is -0.381 e. The second-order valence-corrected chi connectivity index (χ2v) is 5.04. The zero-order valence-corrected chi connectivity index (χ0v) is 11.8. The number of fused-ring (bicyclic) bond motifs is 1. The van der Waals surface area contributed by atoms with E-state index in [4.69, 9.17) is 0 Å². The Balaban J connectivity index is 2.24. The third-order valence-electron chi connectivity index (χ3n) is 3.11. The molecule has 0 aliphatic rings. The Labute approximate surface area is 121 Å². The van der Waals surface area contributed by atoms with Gasteiger partial charge in [-0.15, -0.1) is 0 Å². The highest BCUT2D eigenvalue weighted by Crippen LogP contribution is 2.29. The van der Waals surface area contributed by atoms with Crippen LogP contribution < -0.4 is 5.32 Å². The van der Waals surface area contributed by atoms with Crippen LogP contribution in [0.1, 0.15) is 19.4 Å². The molecule has 0 atom stereocenters. The third-order valence-corrected chi connectivity index (χ3v) is 3.11. The summed E-state index contributed by atoms with van der Waals surface area (Å²) in [5.74, 6) is 0. The van der Waals surface area contributed by atoms with Crippen LogP contribution in [0.2, 0.25) is 0 Å². The lowest BCUT2D eigenvalue weighted by Gasteiger charge is -2.14. The Hall–Kier alpha value is -2.94. The summed E-state index contributed by atoms with van der Waals surface area (Å²) in [5.41, 5.74) is 3.78. The Morgan fingerprint density at radius 3 is 2.67 bits per heavy atom. The van der Waals surface area contributed by atoms with E-state index in [-0.39, 0.29) is 6.04 Å². The van der Waals surface area contributed by atoms with Gasteiger partial charge in [0.15, 0.2) is 5.65 Å². The summed E-state index contributed by atoms with van der Waals surface area (Å²) in [7, 11) is 0. The molecule has 6 nitrogen and oxygen atoms in total. The molecule has 3 rings (SSSR count). The van der Waals surface area contributed by atoms with Gasteiger partial charge in [-0.25, -0.2) is 9.97 Å². The molecule has 0 aromatic carbocycles. The van der Waals surface area contributed by atoms with Gasteiger partial charge >= 0.3 is 0 Å². The minimum absolute atomic E-state index is 0.209. The Morgan fingerprint density at radius 1 is 1.19 bits per heavy atom. The highest BCUT2D eigenvalue weighted by Gasteiger charge is 2.12. The zero-order chi connectivity index (χ0) is 14.8. The summed E-state index contributed by atoms with van der Waals surface area (Å²) in [6.07, 6.45) is 6.85. The topological polar surface area (TPSA) is 90.3 Å². The summed E-state index contributed by atoms with van der Waals surface area (Å²) in [4.78, 5) is 8.62. The molecule has 104 valence electrons. The first-order valence-electron chi connectivity index (χ1n) is 6.63. The van der Waals surface area contributed by atoms with Gasteiger partial charge in [0.1, 0.15) is 6.07 Å². The highest BCUT2D eigenvalue weighted by atomic mass is 15.1. The van der Waals surface area contributed by atoms with Gasteiger partial charge in [0, 0.05) is 41.1 Å². The number of aromatic nitrogens is 4. The molecule has 2 N–H and O–H groups in total. The fourth-order valence-corrected chi connectivity index (χ4v) is 2.18. The number of hydrogen-bond acceptors (Lipinski definition) is 5. The van der Waals surface area contributed by atoms with Crippen LogP contribution >= 0.6 is 0 Å². The molecule has 3 aromatic heterocycles. The van der Waals surface area contributed by atoms with Crippen LogP contribution in [0, 0.1) is 11.3 Å². The van der Waals surface area contributed by atoms with Crippen LogP contribution in [0.4, 0.5) is 5.69 Å². The number of anilines is 1. The van der Waals surface area contributed by atoms with Crippen molar-refractivity contribution in [3.05, 3.63) is 36.4 Å². The molecule has 3 aromatic rings. The van der Waals surface area contributed by atoms with Crippen molar-refractivity contribution in [1.82, 2.24) is 20.2 Å². The number of nitrogens with one attached hydrogen (secondary N) is 2. The first kappa shape index (κ1) is 13.1. The molecule has 0 radical (unpaired) electrons. The van der Waals surface area contributed by atoms with Crippen LogP contribution in [0.25, 0.3) is 22.2 Å². The molecule has 0 spiro atoms. The van der Waals surface area contributed by atoms with Crippen molar-refractivity contribution in [1.29, 1.82) is 5.26 Å². The summed E-state index contributed by atoms with van der Waals surface area (Å²) in [6, 6.07) is 4.36. The van der Waals surface area contributed by atoms with E-state index in [1.165, 1.54) is 0 Å². The van der Waals surface area contributed by atoms with Gasteiger partial charge in [-0.05, 0) is 19.9 Å². The maximum Gasteiger partial charge on any atom is 0.161 e. The monoisotopic (exact) mass is 278 g/mol. The van der Waals surface area contributed by atoms with E-state index >= 15 is 0 Å². The molecule has 6 heteroatoms. The van der Waals surface area contributed by atoms with E-state index in [2.05, 4.69) is 31.6 Å². The Kier molecular flexibility index (Phi) is 3.24. The maximum atomic E-state index is 9.28. The number of rotatable bonds is 3. The second kappa shape index (κ2) is 5.21. The standard InChI is InChI=1S/C15H14N6/c1-9(2)21-14-11(4-16)6-18-15-13(14)3-10(5-17-15)12-7-19-20-8-12/h3,5-9H,1-2H3,(H,19,20)(H,17,18,21). The molecule has 0 amide bonds. The average Bonchev–Trinajstić information content (AvgIpc) is 3.01. The summed E-state index contributed by atoms with van der Waals surface area (Å²) in [5, 5.41) is 20.2. The van der Waals surface area contributed by atoms with Crippen LogP contribution in [0.15, 0.2) is 30.9 Å². The van der Waals surface area contributed by atoms with Gasteiger partial charge in [0.05, 0.1) is 17.4 Å². The van der Waals surface area contributed by atoms with Crippen molar-refractivity contribution in [2.75, 3.05) is 5.32 Å². The molecular formula is C15H14N6. The molecule has 0 saturated heterocycles. The Morgan fingerprint density at radius 2 is 2.00 bits per heavy atom. The average molecular weight is 278 g/mol. The van der Waals surface area contributed by atoms with Crippen LogP contribution in [0.3, 0.4) is 0 Å². The molecule has 0 aliphatic heterocycles. The number of hydrogen-bond donors (Lipinski definition) is 2. The maximum absolute atomic E-state index is 9.28. The molecule has 21 heavy (non-hydrogen) atoms. The van der Waals surface area contributed by atoms with Gasteiger partial charge in [-0.3, -0.25) is 5.10 Å². The molecule has 0 aliphatic carbocycles. The number of nitriles is 1. The van der Waals surface area contributed by atoms with E-state index in [0.717, 1.165) is 22.2 Å². The largest absolute Gasteiger partial charge is 0.381 e. The van der Waals surface area contributed by atoms with Crippen molar-refractivity contribution >= 4 is 16.7 Å². The van der Waals surface area contributed by atoms with Gasteiger partial charge < -0.3 is 5.32 Å². The fraction of sp³-hybridized carbons (Fsp3) is 0.200. The van der Waals surface area contributed by atoms with Crippen molar-refractivity contribution in [2.45, 2.75) is 19.9 Å². The van der Waals surface area contributed by atoms with Crippen LogP contribution in [-0.4, -0.2) is 26.2 Å². The lowest BCUT2D eigenvalue weighted by molar-refractivity contribution is 0.900. The SMILES string of the molecule is CC(C)Nc1c(C#N)cnc2ncc(-c3cn[nH]c3)cc12. The molecule has 3 heterocycles. The van der Waals surface area contributed by atoms with Crippen molar-refractivity contribution in [2.24, 2.45) is 0 Å². The van der Waals surface area contributed by atoms with E-state index < -0.39 is 0 Å². The quantitative estimate of drug-likeness (QED) is 0.768. The van der Waals surface area contributed by atoms with E-state index in [1.807, 2.05) is 19.9 Å². The second-order valence-electron chi connectivity index (χ2n) is 5.04. The minimum atomic E-state index is 0.209. The Bertz CT molecular complexity index is 814. The van der Waals surface area contributed by atoms with E-state index in [1.54, 1.807) is 24.8 Å². The third kappa shape index (κ3) is 2.41. The van der Waals surface area contributed by atoms with Crippen molar-refractivity contribution < 1.29 is 0 Å². The number of pyridine rings is 2. The number of H-pyrrole nitrogens is 1.